The number of methoxy groups -OCH3 is 2. The van der Waals surface area contributed by atoms with Crippen LogP contribution in [0.2, 0.25) is 0 Å². The first-order valence-corrected chi connectivity index (χ1v) is 41.2. The van der Waals surface area contributed by atoms with Gasteiger partial charge in [0.25, 0.3) is 0 Å². The number of ether oxygens (including phenoxy) is 6. The van der Waals surface area contributed by atoms with Crippen LogP contribution < -0.4 is 14.2 Å². The first-order valence-electron chi connectivity index (χ1n) is 41.2. The van der Waals surface area contributed by atoms with Crippen LogP contribution in [0.4, 0.5) is 0 Å². The third-order valence-electron chi connectivity index (χ3n) is 20.8. The Hall–Kier alpha value is -13.4. The quantitative estimate of drug-likeness (QED) is 0.0261. The first-order chi connectivity index (χ1) is 59.4. The van der Waals surface area contributed by atoms with Crippen LogP contribution in [0.3, 0.4) is 0 Å². The number of unbranched alkanes of at least 4 members (excludes halogenated alkanes) is 1. The van der Waals surface area contributed by atoms with Gasteiger partial charge in [0.05, 0.1) is 37.0 Å². The van der Waals surface area contributed by atoms with Crippen molar-refractivity contribution in [2.24, 2.45) is 5.92 Å². The summed E-state index contributed by atoms with van der Waals surface area (Å²) in [6.07, 6.45) is 2.21. The summed E-state index contributed by atoms with van der Waals surface area (Å²) in [4.78, 5) is 54.9. The Labute approximate surface area is 719 Å². The summed E-state index contributed by atoms with van der Waals surface area (Å²) in [5.74, 6) is 5.14. The standard InChI is InChI=1S/C37H29N3O4.C36H45N3O4.C29H31N3O4/c1-24(37(42)43-2)44-31-21-22-32(33(41)23-31)36-39-34(29-17-13-27(14-18-29)25-9-5-3-6-10-25)38-35(40-36)30-19-15-28(16-20-30)26-11-7-4-8-12-26;1-7-9-10-27(8-2)20-42-21-28(40)22-43-29-13-16-32(33(41)19-29)36-38-34(30-14-11-23(3)17-25(30)5)37-35(39-36)31-15-12-24(4)18-26(31)6;1-17-6-9-23(19(3)12-17)27-30-28(24-10-7-18(2)13-20(24)4)32-29(31-27)25-11-8-22(14-26(25)34)36-16-21(33)15-35-5/h3-24,41H,1-2H3;11-19,27-28,40-41H,7-10,20-22H2,1-6H3;6-14,21,33-34H,15-16H2,1-5H3. The number of hydrogen-bond donors (Lipinski definition) is 5. The number of rotatable bonds is 30. The highest BCUT2D eigenvalue weighted by Gasteiger charge is 2.24. The lowest BCUT2D eigenvalue weighted by Gasteiger charge is -2.17. The smallest absolute Gasteiger partial charge is 0.346 e. The summed E-state index contributed by atoms with van der Waals surface area (Å²) < 4.78 is 32.4. The second-order valence-electron chi connectivity index (χ2n) is 30.7. The number of esters is 1. The van der Waals surface area contributed by atoms with Gasteiger partial charge in [0.1, 0.15) is 59.9 Å². The molecular weight excluding hydrogens is 1540 g/mol. The van der Waals surface area contributed by atoms with E-state index in [2.05, 4.69) is 76.2 Å². The Morgan fingerprint density at radius 2 is 0.650 bits per heavy atom. The monoisotopic (exact) mass is 1650 g/mol. The van der Waals surface area contributed by atoms with Crippen molar-refractivity contribution in [2.75, 3.05) is 47.3 Å². The topological polar surface area (TPSA) is 290 Å². The molecule has 123 heavy (non-hydrogen) atoms. The van der Waals surface area contributed by atoms with E-state index in [4.69, 9.17) is 73.3 Å². The molecule has 0 bridgehead atoms. The number of phenols is 3. The molecular formula is C102H105N9O12. The number of benzene rings is 11. The van der Waals surface area contributed by atoms with Crippen molar-refractivity contribution in [3.63, 3.8) is 0 Å². The van der Waals surface area contributed by atoms with Gasteiger partial charge >= 0.3 is 5.97 Å². The van der Waals surface area contributed by atoms with Gasteiger partial charge in [0.2, 0.25) is 0 Å². The highest BCUT2D eigenvalue weighted by molar-refractivity contribution is 5.78. The van der Waals surface area contributed by atoms with Gasteiger partial charge in [0.15, 0.2) is 58.5 Å². The van der Waals surface area contributed by atoms with Crippen molar-refractivity contribution in [2.45, 2.75) is 120 Å². The predicted molar refractivity (Wildman–Crippen MR) is 483 cm³/mol. The summed E-state index contributed by atoms with van der Waals surface area (Å²) >= 11 is 0. The van der Waals surface area contributed by atoms with E-state index in [-0.39, 0.29) is 43.7 Å². The van der Waals surface area contributed by atoms with Crippen LogP contribution in [0.15, 0.2) is 237 Å². The second-order valence-corrected chi connectivity index (χ2v) is 30.7. The number of aromatic hydroxyl groups is 3. The molecule has 0 saturated heterocycles. The highest BCUT2D eigenvalue weighted by atomic mass is 16.6. The molecule has 0 amide bonds. The molecule has 0 aliphatic heterocycles. The lowest BCUT2D eigenvalue weighted by molar-refractivity contribution is -0.147. The zero-order valence-electron chi connectivity index (χ0n) is 71.8. The summed E-state index contributed by atoms with van der Waals surface area (Å²) in [5, 5.41) is 53.1. The lowest BCUT2D eigenvalue weighted by atomic mass is 10.0. The van der Waals surface area contributed by atoms with Crippen LogP contribution in [-0.2, 0) is 19.0 Å². The second kappa shape index (κ2) is 42.2. The van der Waals surface area contributed by atoms with Gasteiger partial charge in [0, 0.05) is 65.3 Å². The molecule has 630 valence electrons. The number of aromatic nitrogens is 9. The van der Waals surface area contributed by atoms with Crippen LogP contribution in [0, 0.1) is 61.3 Å². The molecule has 0 aliphatic carbocycles. The highest BCUT2D eigenvalue weighted by Crippen LogP contribution is 2.39. The average Bonchev–Trinajstić information content (AvgIpc) is 0.791. The van der Waals surface area contributed by atoms with E-state index < -0.39 is 24.3 Å². The molecule has 21 nitrogen and oxygen atoms in total. The van der Waals surface area contributed by atoms with E-state index in [9.17, 15) is 30.3 Å². The normalized spacial score (nSPS) is 12.1. The van der Waals surface area contributed by atoms with E-state index in [1.165, 1.54) is 45.3 Å². The predicted octanol–water partition coefficient (Wildman–Crippen LogP) is 20.8. The molecule has 14 rings (SSSR count). The van der Waals surface area contributed by atoms with Gasteiger partial charge < -0.3 is 54.0 Å². The minimum atomic E-state index is -0.835. The average molecular weight is 1650 g/mol. The molecule has 3 heterocycles. The summed E-state index contributed by atoms with van der Waals surface area (Å²) in [6, 6.07) is 75.6. The van der Waals surface area contributed by atoms with Crippen molar-refractivity contribution < 1.29 is 58.7 Å². The molecule has 4 atom stereocenters. The van der Waals surface area contributed by atoms with Gasteiger partial charge in [-0.15, -0.1) is 0 Å². The number of aliphatic hydroxyl groups excluding tert-OH is 2. The Kier molecular flexibility index (Phi) is 30.5. The number of phenolic OH excluding ortho intramolecular Hbond substituents is 3. The molecule has 4 unspecified atom stereocenters. The van der Waals surface area contributed by atoms with Gasteiger partial charge in [-0.05, 0) is 156 Å². The maximum Gasteiger partial charge on any atom is 0.346 e. The van der Waals surface area contributed by atoms with Crippen LogP contribution in [0.25, 0.3) is 125 Å². The Balaban J connectivity index is 0.000000169. The molecule has 14 aromatic rings. The van der Waals surface area contributed by atoms with Gasteiger partial charge in [-0.2, -0.15) is 0 Å². The van der Waals surface area contributed by atoms with Crippen molar-refractivity contribution in [1.82, 2.24) is 44.9 Å². The number of aliphatic hydroxyl groups is 2. The Morgan fingerprint density at radius 3 is 0.984 bits per heavy atom. The molecule has 11 aromatic carbocycles. The maximum atomic E-state index is 11.8. The summed E-state index contributed by atoms with van der Waals surface area (Å²) in [6.45, 7) is 23.4. The summed E-state index contributed by atoms with van der Waals surface area (Å²) in [7, 11) is 2.81. The molecule has 5 N–H and O–H groups in total. The van der Waals surface area contributed by atoms with Gasteiger partial charge in [-0.25, -0.2) is 49.7 Å². The minimum Gasteiger partial charge on any atom is -0.507 e. The molecule has 0 fully saturated rings. The SMILES string of the molecule is CCCCC(CC)COCC(O)COc1ccc(-c2nc(-c3ccc(C)cc3C)nc(-c3ccc(C)cc3C)n2)c(O)c1.COC(=O)C(C)Oc1ccc(-c2nc(-c3ccc(-c4ccccc4)cc3)nc(-c3ccc(-c4ccccc4)cc3)n2)c(O)c1.COCC(O)COc1ccc(-c2nc(-c3ccc(C)cc3C)nc(-c3ccc(C)cc3C)n2)c(O)c1. The van der Waals surface area contributed by atoms with E-state index >= 15 is 0 Å². The largest absolute Gasteiger partial charge is 0.507 e. The zero-order chi connectivity index (χ0) is 87.2. The Morgan fingerprint density at radius 1 is 0.341 bits per heavy atom. The van der Waals surface area contributed by atoms with Crippen molar-refractivity contribution in [3.05, 3.63) is 281 Å². The lowest BCUT2D eigenvalue weighted by Crippen LogP contribution is -2.25. The van der Waals surface area contributed by atoms with Gasteiger partial charge in [-0.1, -0.05) is 237 Å². The molecule has 3 aromatic heterocycles. The third kappa shape index (κ3) is 23.6. The fourth-order valence-electron chi connectivity index (χ4n) is 14.1. The fraction of sp³-hybridized carbons (Fsp3) is 0.255. The van der Waals surface area contributed by atoms with Crippen molar-refractivity contribution in [1.29, 1.82) is 0 Å². The van der Waals surface area contributed by atoms with Crippen LogP contribution in [-0.4, -0.2) is 142 Å². The first kappa shape index (κ1) is 88.8. The fourth-order valence-corrected chi connectivity index (χ4v) is 14.1. The third-order valence-corrected chi connectivity index (χ3v) is 20.8. The molecule has 0 radical (unpaired) electrons. The summed E-state index contributed by atoms with van der Waals surface area (Å²) in [5.41, 5.74) is 19.8. The molecule has 0 spiro atoms. The van der Waals surface area contributed by atoms with Crippen LogP contribution in [0.1, 0.15) is 91.0 Å². The Bertz CT molecular complexity index is 5700. The number of nitrogens with zero attached hydrogens (tertiary/aromatic N) is 9. The number of carbonyl (C=O) groups excluding carboxylic acids is 1. The number of hydrogen-bond acceptors (Lipinski definition) is 21. The van der Waals surface area contributed by atoms with Gasteiger partial charge in [-0.3, -0.25) is 0 Å². The van der Waals surface area contributed by atoms with Crippen molar-refractivity contribution >= 4 is 5.97 Å². The van der Waals surface area contributed by atoms with E-state index in [0.717, 1.165) is 113 Å². The minimum absolute atomic E-state index is 0.0192. The molecule has 0 aliphatic rings. The maximum absolute atomic E-state index is 11.8. The number of carbonyl (C=O) groups is 1. The van der Waals surface area contributed by atoms with E-state index in [1.807, 2.05) is 175 Å². The van der Waals surface area contributed by atoms with Crippen molar-refractivity contribution in [3.8, 4) is 159 Å². The van der Waals surface area contributed by atoms with E-state index in [0.29, 0.717) is 98.9 Å². The zero-order valence-corrected chi connectivity index (χ0v) is 71.8. The van der Waals surface area contributed by atoms with E-state index in [1.54, 1.807) is 43.3 Å². The number of aryl methyl sites for hydroxylation is 8. The van der Waals surface area contributed by atoms with Crippen LogP contribution >= 0.6 is 0 Å². The van der Waals surface area contributed by atoms with Crippen LogP contribution in [0.5, 0.6) is 34.5 Å². The molecule has 21 heteroatoms. The molecule has 0 saturated carbocycles.